The zero-order chi connectivity index (χ0) is 14.5. The van der Waals surface area contributed by atoms with Crippen LogP contribution in [0.15, 0.2) is 22.7 Å². The molecule has 0 N–H and O–H groups in total. The van der Waals surface area contributed by atoms with Crippen molar-refractivity contribution in [3.05, 3.63) is 33.8 Å². The number of sulfone groups is 1. The first-order valence-electron chi connectivity index (χ1n) is 5.45. The normalized spacial score (nSPS) is 11.3. The Morgan fingerprint density at radius 2 is 2.11 bits per heavy atom. The maximum Gasteiger partial charge on any atom is 0.337 e. The molecular formula is C12H15BrO4S2. The fourth-order valence-electron chi connectivity index (χ4n) is 1.30. The Balaban J connectivity index is 2.58. The van der Waals surface area contributed by atoms with Gasteiger partial charge in [0.2, 0.25) is 0 Å². The Hall–Kier alpha value is -0.530. The zero-order valence-corrected chi connectivity index (χ0v) is 13.9. The molecule has 0 radical (unpaired) electrons. The third-order valence-corrected chi connectivity index (χ3v) is 5.28. The van der Waals surface area contributed by atoms with E-state index in [1.807, 2.05) is 6.07 Å². The van der Waals surface area contributed by atoms with Gasteiger partial charge in [0.05, 0.1) is 18.4 Å². The van der Waals surface area contributed by atoms with E-state index in [9.17, 15) is 13.2 Å². The number of carbonyl (C=O) groups excluding carboxylic acids is 1. The minimum absolute atomic E-state index is 0.176. The van der Waals surface area contributed by atoms with Gasteiger partial charge in [0.1, 0.15) is 9.84 Å². The smallest absolute Gasteiger partial charge is 0.337 e. The van der Waals surface area contributed by atoms with E-state index in [1.54, 1.807) is 23.9 Å². The molecule has 1 aromatic carbocycles. The number of methoxy groups -OCH3 is 1. The fraction of sp³-hybridized carbons (Fsp3) is 0.417. The van der Waals surface area contributed by atoms with Gasteiger partial charge in [-0.25, -0.2) is 13.2 Å². The lowest BCUT2D eigenvalue weighted by molar-refractivity contribution is 0.0600. The Morgan fingerprint density at radius 3 is 2.63 bits per heavy atom. The number of halogens is 1. The standard InChI is InChI=1S/C12H15BrO4S2/c1-17-12(14)9-3-4-10(11(13)7-9)8-18-5-6-19(2,15)16/h3-4,7H,5-6,8H2,1-2H3. The molecule has 0 aliphatic carbocycles. The Labute approximate surface area is 126 Å². The van der Waals surface area contributed by atoms with Crippen LogP contribution >= 0.6 is 27.7 Å². The quantitative estimate of drug-likeness (QED) is 0.571. The van der Waals surface area contributed by atoms with Crippen molar-refractivity contribution in [2.75, 3.05) is 24.9 Å². The molecule has 0 amide bonds. The van der Waals surface area contributed by atoms with Crippen molar-refractivity contribution in [1.82, 2.24) is 0 Å². The van der Waals surface area contributed by atoms with Crippen molar-refractivity contribution in [2.24, 2.45) is 0 Å². The maximum atomic E-state index is 11.3. The summed E-state index contributed by atoms with van der Waals surface area (Å²) in [7, 11) is -1.57. The summed E-state index contributed by atoms with van der Waals surface area (Å²) >= 11 is 4.94. The second kappa shape index (κ2) is 7.31. The van der Waals surface area contributed by atoms with E-state index in [1.165, 1.54) is 13.4 Å². The molecule has 0 aromatic heterocycles. The van der Waals surface area contributed by atoms with E-state index in [2.05, 4.69) is 20.7 Å². The van der Waals surface area contributed by atoms with E-state index in [-0.39, 0.29) is 11.7 Å². The Morgan fingerprint density at radius 1 is 1.42 bits per heavy atom. The second-order valence-electron chi connectivity index (χ2n) is 3.98. The van der Waals surface area contributed by atoms with Gasteiger partial charge in [-0.3, -0.25) is 0 Å². The summed E-state index contributed by atoms with van der Waals surface area (Å²) < 4.78 is 27.4. The Kier molecular flexibility index (Phi) is 6.35. The van der Waals surface area contributed by atoms with Gasteiger partial charge in [-0.2, -0.15) is 11.8 Å². The molecule has 0 atom stereocenters. The average molecular weight is 367 g/mol. The molecule has 4 nitrogen and oxygen atoms in total. The van der Waals surface area contributed by atoms with Crippen LogP contribution in [-0.4, -0.2) is 39.3 Å². The number of benzene rings is 1. The lowest BCUT2D eigenvalue weighted by Gasteiger charge is -2.06. The predicted octanol–water partition coefficient (Wildman–Crippen LogP) is 2.51. The van der Waals surface area contributed by atoms with Crippen LogP contribution in [0.3, 0.4) is 0 Å². The van der Waals surface area contributed by atoms with Gasteiger partial charge in [0.25, 0.3) is 0 Å². The number of carbonyl (C=O) groups is 1. The lowest BCUT2D eigenvalue weighted by atomic mass is 10.1. The van der Waals surface area contributed by atoms with Gasteiger partial charge in [0, 0.05) is 22.2 Å². The fourth-order valence-corrected chi connectivity index (χ4v) is 4.30. The molecule has 0 saturated carbocycles. The van der Waals surface area contributed by atoms with Gasteiger partial charge >= 0.3 is 5.97 Å². The van der Waals surface area contributed by atoms with Crippen molar-refractivity contribution in [2.45, 2.75) is 5.75 Å². The van der Waals surface area contributed by atoms with Crippen LogP contribution in [0.2, 0.25) is 0 Å². The first-order valence-corrected chi connectivity index (χ1v) is 9.46. The Bertz CT molecular complexity index is 555. The summed E-state index contributed by atoms with van der Waals surface area (Å²) in [5.41, 5.74) is 1.51. The van der Waals surface area contributed by atoms with E-state index >= 15 is 0 Å². The molecule has 0 aliphatic rings. The zero-order valence-electron chi connectivity index (χ0n) is 10.7. The largest absolute Gasteiger partial charge is 0.465 e. The summed E-state index contributed by atoms with van der Waals surface area (Å²) in [5, 5.41) is 0. The predicted molar refractivity (Wildman–Crippen MR) is 81.4 cm³/mol. The van der Waals surface area contributed by atoms with E-state index in [0.29, 0.717) is 17.1 Å². The molecular weight excluding hydrogens is 352 g/mol. The van der Waals surface area contributed by atoms with Crippen molar-refractivity contribution in [3.63, 3.8) is 0 Å². The molecule has 1 aromatic rings. The van der Waals surface area contributed by atoms with Crippen LogP contribution in [0.25, 0.3) is 0 Å². The van der Waals surface area contributed by atoms with Crippen molar-refractivity contribution >= 4 is 43.5 Å². The molecule has 0 fully saturated rings. The molecule has 1 rings (SSSR count). The summed E-state index contributed by atoms with van der Waals surface area (Å²) in [4.78, 5) is 11.3. The van der Waals surface area contributed by atoms with E-state index in [0.717, 1.165) is 10.0 Å². The number of esters is 1. The highest BCUT2D eigenvalue weighted by Crippen LogP contribution is 2.23. The van der Waals surface area contributed by atoms with E-state index < -0.39 is 9.84 Å². The highest BCUT2D eigenvalue weighted by atomic mass is 79.9. The maximum absolute atomic E-state index is 11.3. The summed E-state index contributed by atoms with van der Waals surface area (Å²) in [6.45, 7) is 0. The molecule has 0 saturated heterocycles. The van der Waals surface area contributed by atoms with E-state index in [4.69, 9.17) is 0 Å². The molecule has 7 heteroatoms. The van der Waals surface area contributed by atoms with Crippen molar-refractivity contribution in [3.8, 4) is 0 Å². The molecule has 0 heterocycles. The minimum Gasteiger partial charge on any atom is -0.465 e. The van der Waals surface area contributed by atoms with Gasteiger partial charge in [0.15, 0.2) is 0 Å². The van der Waals surface area contributed by atoms with Crippen LogP contribution in [0.4, 0.5) is 0 Å². The SMILES string of the molecule is COC(=O)c1ccc(CSCCS(C)(=O)=O)c(Br)c1. The molecule has 19 heavy (non-hydrogen) atoms. The van der Waals surface area contributed by atoms with Gasteiger partial charge in [-0.05, 0) is 17.7 Å². The first-order chi connectivity index (χ1) is 8.83. The summed E-state index contributed by atoms with van der Waals surface area (Å²) in [6.07, 6.45) is 1.23. The third-order valence-electron chi connectivity index (χ3n) is 2.33. The average Bonchev–Trinajstić information content (AvgIpc) is 2.33. The first kappa shape index (κ1) is 16.5. The summed E-state index contributed by atoms with van der Waals surface area (Å²) in [5.74, 6) is 1.05. The highest BCUT2D eigenvalue weighted by Gasteiger charge is 2.09. The molecule has 0 spiro atoms. The molecule has 0 unspecified atom stereocenters. The van der Waals surface area contributed by atoms with Crippen LogP contribution in [0.1, 0.15) is 15.9 Å². The van der Waals surface area contributed by atoms with Crippen LogP contribution in [0.5, 0.6) is 0 Å². The summed E-state index contributed by atoms with van der Waals surface area (Å²) in [6, 6.07) is 5.24. The van der Waals surface area contributed by atoms with Crippen molar-refractivity contribution in [1.29, 1.82) is 0 Å². The highest BCUT2D eigenvalue weighted by molar-refractivity contribution is 9.10. The number of hydrogen-bond acceptors (Lipinski definition) is 5. The van der Waals surface area contributed by atoms with Crippen LogP contribution in [0, 0.1) is 0 Å². The molecule has 106 valence electrons. The van der Waals surface area contributed by atoms with Crippen LogP contribution < -0.4 is 0 Å². The number of rotatable bonds is 6. The lowest BCUT2D eigenvalue weighted by Crippen LogP contribution is -2.05. The number of ether oxygens (including phenoxy) is 1. The number of thioether (sulfide) groups is 1. The second-order valence-corrected chi connectivity index (χ2v) is 8.20. The van der Waals surface area contributed by atoms with Gasteiger partial charge in [-0.1, -0.05) is 22.0 Å². The molecule has 0 aliphatic heterocycles. The van der Waals surface area contributed by atoms with Gasteiger partial charge in [-0.15, -0.1) is 0 Å². The van der Waals surface area contributed by atoms with Crippen LogP contribution in [-0.2, 0) is 20.3 Å². The third kappa shape index (κ3) is 5.97. The molecule has 0 bridgehead atoms. The minimum atomic E-state index is -2.90. The number of hydrogen-bond donors (Lipinski definition) is 0. The topological polar surface area (TPSA) is 60.4 Å². The monoisotopic (exact) mass is 366 g/mol. The van der Waals surface area contributed by atoms with Gasteiger partial charge < -0.3 is 4.74 Å². The van der Waals surface area contributed by atoms with Crippen molar-refractivity contribution < 1.29 is 17.9 Å².